The first kappa shape index (κ1) is 14.3. The number of hydrogen-bond donors (Lipinski definition) is 1. The molecular weight excluding hydrogens is 254 g/mol. The summed E-state index contributed by atoms with van der Waals surface area (Å²) in [5.41, 5.74) is 2.38. The highest BCUT2D eigenvalue weighted by Gasteiger charge is 2.04. The van der Waals surface area contributed by atoms with Crippen molar-refractivity contribution in [2.45, 2.75) is 20.0 Å². The van der Waals surface area contributed by atoms with Crippen molar-refractivity contribution in [3.8, 4) is 0 Å². The number of rotatable bonds is 7. The van der Waals surface area contributed by atoms with Gasteiger partial charge in [-0.2, -0.15) is 0 Å². The van der Waals surface area contributed by atoms with E-state index in [2.05, 4.69) is 22.4 Å². The van der Waals surface area contributed by atoms with Gasteiger partial charge in [-0.1, -0.05) is 24.3 Å². The number of nitrogens with zero attached hydrogens (tertiary/aromatic N) is 2. The molecule has 106 valence electrons. The monoisotopic (exact) mass is 273 g/mol. The maximum atomic E-state index is 11.3. The number of hydrogen-bond acceptors (Lipinski definition) is 4. The van der Waals surface area contributed by atoms with Gasteiger partial charge >= 0.3 is 5.97 Å². The fraction of sp³-hybridized carbons (Fsp3) is 0.333. The number of imidazole rings is 1. The molecule has 0 aliphatic carbocycles. The van der Waals surface area contributed by atoms with E-state index in [0.29, 0.717) is 13.2 Å². The maximum absolute atomic E-state index is 11.3. The predicted octanol–water partition coefficient (Wildman–Crippen LogP) is 1.58. The van der Waals surface area contributed by atoms with Gasteiger partial charge in [-0.05, 0) is 18.1 Å². The number of nitrogens with one attached hydrogen (secondary N) is 1. The van der Waals surface area contributed by atoms with Crippen LogP contribution in [-0.4, -0.2) is 28.7 Å². The summed E-state index contributed by atoms with van der Waals surface area (Å²) in [6.45, 7) is 3.87. The van der Waals surface area contributed by atoms with Gasteiger partial charge in [-0.3, -0.25) is 4.79 Å². The minimum absolute atomic E-state index is 0.223. The van der Waals surface area contributed by atoms with E-state index in [1.807, 2.05) is 22.9 Å². The highest BCUT2D eigenvalue weighted by atomic mass is 16.5. The van der Waals surface area contributed by atoms with E-state index < -0.39 is 0 Å². The lowest BCUT2D eigenvalue weighted by atomic mass is 10.1. The van der Waals surface area contributed by atoms with Crippen LogP contribution >= 0.6 is 0 Å². The zero-order valence-electron chi connectivity index (χ0n) is 11.6. The Kier molecular flexibility index (Phi) is 5.32. The molecule has 0 saturated carbocycles. The molecule has 0 radical (unpaired) electrons. The van der Waals surface area contributed by atoms with Gasteiger partial charge in [0.2, 0.25) is 0 Å². The molecule has 5 nitrogen and oxygen atoms in total. The van der Waals surface area contributed by atoms with Gasteiger partial charge in [0.05, 0.1) is 19.5 Å². The number of esters is 1. The first-order chi connectivity index (χ1) is 9.79. The molecule has 2 aromatic rings. The fourth-order valence-electron chi connectivity index (χ4n) is 1.97. The normalized spacial score (nSPS) is 10.4. The molecule has 0 bridgehead atoms. The van der Waals surface area contributed by atoms with Crippen molar-refractivity contribution in [1.29, 1.82) is 0 Å². The van der Waals surface area contributed by atoms with E-state index in [1.165, 1.54) is 11.1 Å². The minimum Gasteiger partial charge on any atom is -0.465 e. The lowest BCUT2D eigenvalue weighted by Crippen LogP contribution is -2.24. The largest absolute Gasteiger partial charge is 0.465 e. The second-order valence-corrected chi connectivity index (χ2v) is 4.41. The van der Waals surface area contributed by atoms with Gasteiger partial charge in [-0.15, -0.1) is 0 Å². The molecule has 2 rings (SSSR count). The lowest BCUT2D eigenvalue weighted by Gasteiger charge is -2.11. The Labute approximate surface area is 118 Å². The van der Waals surface area contributed by atoms with Gasteiger partial charge in [-0.25, -0.2) is 4.98 Å². The zero-order valence-corrected chi connectivity index (χ0v) is 11.6. The Balaban J connectivity index is 1.92. The molecule has 0 fully saturated rings. The number of aromatic nitrogens is 2. The van der Waals surface area contributed by atoms with Crippen LogP contribution in [-0.2, 0) is 22.6 Å². The summed E-state index contributed by atoms with van der Waals surface area (Å²) in [4.78, 5) is 15.3. The minimum atomic E-state index is -0.223. The molecule has 20 heavy (non-hydrogen) atoms. The highest BCUT2D eigenvalue weighted by molar-refractivity contribution is 5.71. The van der Waals surface area contributed by atoms with Crippen LogP contribution < -0.4 is 5.32 Å². The van der Waals surface area contributed by atoms with E-state index in [-0.39, 0.29) is 12.5 Å². The number of ether oxygens (including phenoxy) is 1. The quantitative estimate of drug-likeness (QED) is 0.778. The molecule has 0 atom stereocenters. The topological polar surface area (TPSA) is 56.1 Å². The molecule has 0 saturated heterocycles. The van der Waals surface area contributed by atoms with Crippen LogP contribution in [0.2, 0.25) is 0 Å². The third-order valence-electron chi connectivity index (χ3n) is 2.92. The predicted molar refractivity (Wildman–Crippen MR) is 76.1 cm³/mol. The van der Waals surface area contributed by atoms with Crippen molar-refractivity contribution in [2.24, 2.45) is 0 Å². The summed E-state index contributed by atoms with van der Waals surface area (Å²) in [7, 11) is 0. The Morgan fingerprint density at radius 3 is 2.85 bits per heavy atom. The molecule has 1 aromatic heterocycles. The van der Waals surface area contributed by atoms with Crippen molar-refractivity contribution >= 4 is 5.97 Å². The average molecular weight is 273 g/mol. The lowest BCUT2D eigenvalue weighted by molar-refractivity contribution is -0.142. The van der Waals surface area contributed by atoms with Crippen molar-refractivity contribution in [3.63, 3.8) is 0 Å². The average Bonchev–Trinajstić information content (AvgIpc) is 2.94. The van der Waals surface area contributed by atoms with Crippen molar-refractivity contribution in [1.82, 2.24) is 14.9 Å². The van der Waals surface area contributed by atoms with E-state index in [9.17, 15) is 4.79 Å². The van der Waals surface area contributed by atoms with Gasteiger partial charge in [0.25, 0.3) is 0 Å². The first-order valence-corrected chi connectivity index (χ1v) is 6.68. The summed E-state index contributed by atoms with van der Waals surface area (Å²) < 4.78 is 6.90. The molecule has 0 aliphatic rings. The van der Waals surface area contributed by atoms with Crippen LogP contribution in [0.15, 0.2) is 43.0 Å². The summed E-state index contributed by atoms with van der Waals surface area (Å²) in [6.07, 6.45) is 5.49. The van der Waals surface area contributed by atoms with Crippen molar-refractivity contribution in [2.75, 3.05) is 13.2 Å². The molecule has 5 heteroatoms. The van der Waals surface area contributed by atoms with E-state index in [0.717, 1.165) is 6.54 Å². The number of carbonyl (C=O) groups is 1. The molecule has 0 unspecified atom stereocenters. The number of benzene rings is 1. The first-order valence-electron chi connectivity index (χ1n) is 6.68. The van der Waals surface area contributed by atoms with E-state index >= 15 is 0 Å². The standard InChI is InChI=1S/C15H19N3O2/c1-2-20-15(19)10-17-9-13-5-3-4-6-14(13)11-18-8-7-16-12-18/h3-8,12,17H,2,9-11H2,1H3. The van der Waals surface area contributed by atoms with Crippen LogP contribution in [0.5, 0.6) is 0 Å². The molecule has 0 amide bonds. The molecule has 1 N–H and O–H groups in total. The van der Waals surface area contributed by atoms with Crippen LogP contribution in [0, 0.1) is 0 Å². The third kappa shape index (κ3) is 4.20. The van der Waals surface area contributed by atoms with Crippen molar-refractivity contribution in [3.05, 3.63) is 54.1 Å². The van der Waals surface area contributed by atoms with Gasteiger partial charge in [0.1, 0.15) is 0 Å². The Bertz CT molecular complexity index is 538. The van der Waals surface area contributed by atoms with Crippen molar-refractivity contribution < 1.29 is 9.53 Å². The third-order valence-corrected chi connectivity index (χ3v) is 2.92. The van der Waals surface area contributed by atoms with Gasteiger partial charge < -0.3 is 14.6 Å². The SMILES string of the molecule is CCOC(=O)CNCc1ccccc1Cn1ccnc1. The maximum Gasteiger partial charge on any atom is 0.319 e. The second kappa shape index (κ2) is 7.45. The van der Waals surface area contributed by atoms with Gasteiger partial charge in [0.15, 0.2) is 0 Å². The molecule has 1 aromatic carbocycles. The van der Waals surface area contributed by atoms with Gasteiger partial charge in [0, 0.05) is 25.5 Å². The summed E-state index contributed by atoms with van der Waals surface area (Å²) in [5.74, 6) is -0.223. The summed E-state index contributed by atoms with van der Waals surface area (Å²) >= 11 is 0. The van der Waals surface area contributed by atoms with Crippen LogP contribution in [0.1, 0.15) is 18.1 Å². The Morgan fingerprint density at radius 1 is 1.35 bits per heavy atom. The smallest absolute Gasteiger partial charge is 0.319 e. The second-order valence-electron chi connectivity index (χ2n) is 4.41. The summed E-state index contributed by atoms with van der Waals surface area (Å²) in [6, 6.07) is 8.16. The molecular formula is C15H19N3O2. The zero-order chi connectivity index (χ0) is 14.2. The van der Waals surface area contributed by atoms with E-state index in [4.69, 9.17) is 4.74 Å². The van der Waals surface area contributed by atoms with Crippen LogP contribution in [0.4, 0.5) is 0 Å². The molecule has 0 aliphatic heterocycles. The Morgan fingerprint density at radius 2 is 2.15 bits per heavy atom. The van der Waals surface area contributed by atoms with Crippen LogP contribution in [0.25, 0.3) is 0 Å². The van der Waals surface area contributed by atoms with Crippen LogP contribution in [0.3, 0.4) is 0 Å². The number of carbonyl (C=O) groups excluding carboxylic acids is 1. The summed E-state index contributed by atoms with van der Waals surface area (Å²) in [5, 5.41) is 3.11. The van der Waals surface area contributed by atoms with E-state index in [1.54, 1.807) is 19.4 Å². The highest BCUT2D eigenvalue weighted by Crippen LogP contribution is 2.10. The molecule has 0 spiro atoms. The Hall–Kier alpha value is -2.14. The molecule has 1 heterocycles. The fourth-order valence-corrected chi connectivity index (χ4v) is 1.97.